The molecule has 1 aromatic carbocycles. The standard InChI is InChI=1S/C13H15BrClFN2/c1-13(2,3)18-11-6-8(14)9(16)7-10(11)17-12(18)4-5-15/h6-7H,4-5H2,1-3H3. The highest BCUT2D eigenvalue weighted by molar-refractivity contribution is 9.10. The van der Waals surface area contributed by atoms with Crippen molar-refractivity contribution in [3.05, 3.63) is 28.2 Å². The Hall–Kier alpha value is -0.610. The first-order valence-electron chi connectivity index (χ1n) is 5.77. The van der Waals surface area contributed by atoms with Crippen LogP contribution in [0.1, 0.15) is 26.6 Å². The summed E-state index contributed by atoms with van der Waals surface area (Å²) in [6.45, 7) is 6.30. The molecule has 0 aliphatic carbocycles. The summed E-state index contributed by atoms with van der Waals surface area (Å²) in [5, 5.41) is 0. The maximum absolute atomic E-state index is 13.5. The van der Waals surface area contributed by atoms with Crippen LogP contribution in [0.15, 0.2) is 16.6 Å². The Kier molecular flexibility index (Phi) is 3.70. The van der Waals surface area contributed by atoms with E-state index in [1.165, 1.54) is 6.07 Å². The van der Waals surface area contributed by atoms with Crippen molar-refractivity contribution in [3.63, 3.8) is 0 Å². The molecular formula is C13H15BrClFN2. The van der Waals surface area contributed by atoms with Crippen molar-refractivity contribution in [1.82, 2.24) is 9.55 Å². The highest BCUT2D eigenvalue weighted by Gasteiger charge is 2.22. The predicted octanol–water partition coefficient (Wildman–Crippen LogP) is 4.47. The van der Waals surface area contributed by atoms with Crippen LogP contribution in [0, 0.1) is 5.82 Å². The molecule has 1 aromatic heterocycles. The molecule has 98 valence electrons. The molecule has 0 bridgehead atoms. The Balaban J connectivity index is 2.77. The number of hydrogen-bond acceptors (Lipinski definition) is 1. The van der Waals surface area contributed by atoms with E-state index in [4.69, 9.17) is 11.6 Å². The first-order chi connectivity index (χ1) is 8.34. The van der Waals surface area contributed by atoms with Crippen LogP contribution in [0.3, 0.4) is 0 Å². The Labute approximate surface area is 119 Å². The molecule has 0 saturated heterocycles. The number of fused-ring (bicyclic) bond motifs is 1. The number of alkyl halides is 1. The molecule has 0 aliphatic heterocycles. The topological polar surface area (TPSA) is 17.8 Å². The second kappa shape index (κ2) is 4.82. The lowest BCUT2D eigenvalue weighted by atomic mass is 10.1. The number of benzene rings is 1. The van der Waals surface area contributed by atoms with Crippen LogP contribution >= 0.6 is 27.5 Å². The van der Waals surface area contributed by atoms with E-state index in [0.717, 1.165) is 11.3 Å². The average molecular weight is 334 g/mol. The molecule has 0 N–H and O–H groups in total. The van der Waals surface area contributed by atoms with E-state index in [9.17, 15) is 4.39 Å². The summed E-state index contributed by atoms with van der Waals surface area (Å²) >= 11 is 9.03. The number of rotatable bonds is 2. The molecule has 0 aliphatic rings. The van der Waals surface area contributed by atoms with Crippen LogP contribution in [0.5, 0.6) is 0 Å². The van der Waals surface area contributed by atoms with Gasteiger partial charge in [0.05, 0.1) is 15.5 Å². The zero-order chi connectivity index (χ0) is 13.5. The van der Waals surface area contributed by atoms with Crippen LogP contribution in [0.4, 0.5) is 4.39 Å². The summed E-state index contributed by atoms with van der Waals surface area (Å²) in [6, 6.07) is 3.24. The van der Waals surface area contributed by atoms with Gasteiger partial charge < -0.3 is 4.57 Å². The van der Waals surface area contributed by atoms with Crippen LogP contribution in [0.25, 0.3) is 11.0 Å². The molecule has 0 saturated carbocycles. The molecule has 5 heteroatoms. The fourth-order valence-electron chi connectivity index (χ4n) is 2.12. The fraction of sp³-hybridized carbons (Fsp3) is 0.462. The van der Waals surface area contributed by atoms with E-state index in [-0.39, 0.29) is 11.4 Å². The smallest absolute Gasteiger partial charge is 0.139 e. The third kappa shape index (κ3) is 2.41. The quantitative estimate of drug-likeness (QED) is 0.741. The van der Waals surface area contributed by atoms with Crippen molar-refractivity contribution in [2.75, 3.05) is 5.88 Å². The Morgan fingerprint density at radius 1 is 1.39 bits per heavy atom. The molecule has 0 spiro atoms. The highest BCUT2D eigenvalue weighted by atomic mass is 79.9. The summed E-state index contributed by atoms with van der Waals surface area (Å²) in [7, 11) is 0. The van der Waals surface area contributed by atoms with Gasteiger partial charge >= 0.3 is 0 Å². The van der Waals surface area contributed by atoms with Gasteiger partial charge in [0.15, 0.2) is 0 Å². The molecule has 18 heavy (non-hydrogen) atoms. The van der Waals surface area contributed by atoms with Crippen LogP contribution in [-0.2, 0) is 12.0 Å². The van der Waals surface area contributed by atoms with Crippen molar-refractivity contribution in [3.8, 4) is 0 Å². The highest BCUT2D eigenvalue weighted by Crippen LogP contribution is 2.29. The lowest BCUT2D eigenvalue weighted by Crippen LogP contribution is -2.24. The number of aromatic nitrogens is 2. The summed E-state index contributed by atoms with van der Waals surface area (Å²) in [4.78, 5) is 4.49. The fourth-order valence-corrected chi connectivity index (χ4v) is 2.62. The number of hydrogen-bond donors (Lipinski definition) is 0. The predicted molar refractivity (Wildman–Crippen MR) is 76.8 cm³/mol. The van der Waals surface area contributed by atoms with Gasteiger partial charge in [0.2, 0.25) is 0 Å². The van der Waals surface area contributed by atoms with Gasteiger partial charge in [0, 0.05) is 23.9 Å². The largest absolute Gasteiger partial charge is 0.323 e. The van der Waals surface area contributed by atoms with Gasteiger partial charge in [0.1, 0.15) is 11.6 Å². The monoisotopic (exact) mass is 332 g/mol. The maximum Gasteiger partial charge on any atom is 0.139 e. The van der Waals surface area contributed by atoms with E-state index in [1.54, 1.807) is 6.07 Å². The van der Waals surface area contributed by atoms with Crippen molar-refractivity contribution in [2.24, 2.45) is 0 Å². The molecule has 1 heterocycles. The average Bonchev–Trinajstić information content (AvgIpc) is 2.56. The van der Waals surface area contributed by atoms with E-state index in [0.29, 0.717) is 22.3 Å². The molecule has 0 unspecified atom stereocenters. The van der Waals surface area contributed by atoms with Gasteiger partial charge in [-0.15, -0.1) is 11.6 Å². The summed E-state index contributed by atoms with van der Waals surface area (Å²) in [5.41, 5.74) is 1.48. The minimum absolute atomic E-state index is 0.118. The zero-order valence-corrected chi connectivity index (χ0v) is 12.9. The normalized spacial score (nSPS) is 12.3. The SMILES string of the molecule is CC(C)(C)n1c(CCCl)nc2cc(F)c(Br)cc21. The third-order valence-electron chi connectivity index (χ3n) is 2.75. The van der Waals surface area contributed by atoms with Gasteiger partial charge in [-0.2, -0.15) is 0 Å². The molecule has 0 radical (unpaired) electrons. The second-order valence-electron chi connectivity index (χ2n) is 5.23. The Bertz CT molecular complexity index is 587. The molecule has 0 atom stereocenters. The van der Waals surface area contributed by atoms with Gasteiger partial charge in [0.25, 0.3) is 0 Å². The number of nitrogens with zero attached hydrogens (tertiary/aromatic N) is 2. The molecular weight excluding hydrogens is 319 g/mol. The van der Waals surface area contributed by atoms with Gasteiger partial charge in [-0.05, 0) is 42.8 Å². The lowest BCUT2D eigenvalue weighted by Gasteiger charge is -2.24. The van der Waals surface area contributed by atoms with Crippen molar-refractivity contribution in [1.29, 1.82) is 0 Å². The molecule has 2 aromatic rings. The molecule has 0 amide bonds. The minimum Gasteiger partial charge on any atom is -0.323 e. The lowest BCUT2D eigenvalue weighted by molar-refractivity contribution is 0.395. The summed E-state index contributed by atoms with van der Waals surface area (Å²) in [6.07, 6.45) is 0.673. The van der Waals surface area contributed by atoms with Crippen LogP contribution in [0.2, 0.25) is 0 Å². The maximum atomic E-state index is 13.5. The van der Waals surface area contributed by atoms with E-state index in [2.05, 4.69) is 46.3 Å². The Morgan fingerprint density at radius 2 is 2.06 bits per heavy atom. The number of imidazole rings is 1. The summed E-state index contributed by atoms with van der Waals surface area (Å²) in [5.74, 6) is 1.10. The van der Waals surface area contributed by atoms with Gasteiger partial charge in [-0.1, -0.05) is 0 Å². The van der Waals surface area contributed by atoms with Gasteiger partial charge in [-0.3, -0.25) is 0 Å². The molecule has 0 fully saturated rings. The van der Waals surface area contributed by atoms with E-state index >= 15 is 0 Å². The summed E-state index contributed by atoms with van der Waals surface area (Å²) < 4.78 is 16.1. The van der Waals surface area contributed by atoms with Crippen LogP contribution < -0.4 is 0 Å². The van der Waals surface area contributed by atoms with Crippen molar-refractivity contribution >= 4 is 38.6 Å². The minimum atomic E-state index is -0.293. The second-order valence-corrected chi connectivity index (χ2v) is 6.46. The van der Waals surface area contributed by atoms with Crippen molar-refractivity contribution < 1.29 is 4.39 Å². The van der Waals surface area contributed by atoms with E-state index in [1.807, 2.05) is 0 Å². The first-order valence-corrected chi connectivity index (χ1v) is 7.10. The molecule has 2 rings (SSSR count). The first kappa shape index (κ1) is 13.8. The Morgan fingerprint density at radius 3 is 2.61 bits per heavy atom. The number of aryl methyl sites for hydroxylation is 1. The number of halogens is 3. The zero-order valence-electron chi connectivity index (χ0n) is 10.6. The van der Waals surface area contributed by atoms with Crippen LogP contribution in [-0.4, -0.2) is 15.4 Å². The molecule has 2 nitrogen and oxygen atoms in total. The van der Waals surface area contributed by atoms with Gasteiger partial charge in [-0.25, -0.2) is 9.37 Å². The third-order valence-corrected chi connectivity index (χ3v) is 3.55. The van der Waals surface area contributed by atoms with Crippen molar-refractivity contribution in [2.45, 2.75) is 32.7 Å². The van der Waals surface area contributed by atoms with E-state index < -0.39 is 0 Å².